The van der Waals surface area contributed by atoms with Crippen molar-refractivity contribution in [2.24, 2.45) is 0 Å². The molecule has 1 aliphatic rings. The van der Waals surface area contributed by atoms with Crippen molar-refractivity contribution in [1.29, 1.82) is 5.26 Å². The number of nitrogens with one attached hydrogen (secondary N) is 1. The third kappa shape index (κ3) is 6.05. The molecule has 1 heterocycles. The SMILES string of the molecule is N#Cc1nn(-c2c(Cl)cc(S(F)(F)(F)(F)F)cc2Cl)c(NC(=O)OCc2ccc(C(F)(F)F)cc2)c1C1(C(=O)O)CC1. The number of hydrogen-bond donors (Lipinski definition) is 2. The van der Waals surface area contributed by atoms with Crippen molar-refractivity contribution < 1.29 is 52.0 Å². The van der Waals surface area contributed by atoms with Crippen LogP contribution in [0.15, 0.2) is 41.3 Å². The van der Waals surface area contributed by atoms with Crippen molar-refractivity contribution >= 4 is 51.3 Å². The van der Waals surface area contributed by atoms with Gasteiger partial charge in [-0.25, -0.2) is 9.48 Å². The molecule has 2 N–H and O–H groups in total. The van der Waals surface area contributed by atoms with Crippen LogP contribution in [0.2, 0.25) is 10.0 Å². The maximum absolute atomic E-state index is 13.4. The van der Waals surface area contributed by atoms with Crippen LogP contribution in [0.4, 0.5) is 43.2 Å². The highest BCUT2D eigenvalue weighted by atomic mass is 35.5. The summed E-state index contributed by atoms with van der Waals surface area (Å²) in [6.07, 6.45) is -6.09. The quantitative estimate of drug-likeness (QED) is 0.244. The molecule has 2 aromatic carbocycles. The van der Waals surface area contributed by atoms with Gasteiger partial charge in [0.1, 0.15) is 29.1 Å². The zero-order chi connectivity index (χ0) is 31.5. The summed E-state index contributed by atoms with van der Waals surface area (Å²) in [5.74, 6) is -2.08. The maximum Gasteiger partial charge on any atom is 0.416 e. The number of alkyl halides is 3. The second kappa shape index (κ2) is 9.38. The highest BCUT2D eigenvalue weighted by Crippen LogP contribution is 3.02. The number of rotatable bonds is 7. The third-order valence-corrected chi connectivity index (χ3v) is 7.85. The maximum atomic E-state index is 13.4. The molecule has 1 amide bonds. The smallest absolute Gasteiger partial charge is 0.416 e. The summed E-state index contributed by atoms with van der Waals surface area (Å²) in [6.45, 7) is -0.595. The summed E-state index contributed by atoms with van der Waals surface area (Å²) < 4.78 is 111. The molecule has 4 rings (SSSR count). The molecule has 0 spiro atoms. The van der Waals surface area contributed by atoms with Gasteiger partial charge in [0.2, 0.25) is 0 Å². The number of carboxylic acid groups (broad SMARTS) is 1. The molecule has 3 aromatic rings. The van der Waals surface area contributed by atoms with Crippen molar-refractivity contribution in [1.82, 2.24) is 9.78 Å². The second-order valence-corrected chi connectivity index (χ2v) is 12.3. The first-order valence-electron chi connectivity index (χ1n) is 11.2. The number of carboxylic acids is 1. The van der Waals surface area contributed by atoms with E-state index in [2.05, 4.69) is 10.4 Å². The van der Waals surface area contributed by atoms with E-state index in [1.54, 1.807) is 6.07 Å². The van der Waals surface area contributed by atoms with Gasteiger partial charge in [0.15, 0.2) is 5.69 Å². The first-order valence-corrected chi connectivity index (χ1v) is 13.9. The lowest BCUT2D eigenvalue weighted by atomic mass is 9.95. The minimum absolute atomic E-state index is 0.0530. The first kappa shape index (κ1) is 31.2. The fraction of sp³-hybridized carbons (Fsp3) is 0.217. The Kier molecular flexibility index (Phi) is 6.96. The molecule has 1 saturated carbocycles. The van der Waals surface area contributed by atoms with Gasteiger partial charge in [-0.15, -0.1) is 0 Å². The van der Waals surface area contributed by atoms with Crippen LogP contribution in [0.1, 0.15) is 35.2 Å². The number of aliphatic carboxylic acids is 1. The monoisotopic (exact) mass is 664 g/mol. The van der Waals surface area contributed by atoms with Gasteiger partial charge in [-0.2, -0.15) is 23.5 Å². The highest BCUT2D eigenvalue weighted by Gasteiger charge is 2.66. The molecule has 0 aliphatic heterocycles. The Balaban J connectivity index is 1.77. The minimum Gasteiger partial charge on any atom is -0.481 e. The lowest BCUT2D eigenvalue weighted by Crippen LogP contribution is -2.24. The number of carbonyl (C=O) groups excluding carboxylic acids is 1. The molecule has 1 aromatic heterocycles. The van der Waals surface area contributed by atoms with Gasteiger partial charge < -0.3 is 9.84 Å². The van der Waals surface area contributed by atoms with E-state index >= 15 is 0 Å². The first-order chi connectivity index (χ1) is 19.1. The molecular weight excluding hydrogens is 651 g/mol. The molecule has 42 heavy (non-hydrogen) atoms. The number of halogens is 10. The van der Waals surface area contributed by atoms with Crippen molar-refractivity contribution in [3.63, 3.8) is 0 Å². The van der Waals surface area contributed by atoms with Crippen LogP contribution >= 0.6 is 33.4 Å². The predicted molar refractivity (Wildman–Crippen MR) is 133 cm³/mol. The number of nitrogens with zero attached hydrogens (tertiary/aromatic N) is 3. The molecular formula is C23H14Cl2F8N4O4S. The van der Waals surface area contributed by atoms with E-state index in [1.807, 2.05) is 0 Å². The Morgan fingerprint density at radius 1 is 1.10 bits per heavy atom. The lowest BCUT2D eigenvalue weighted by molar-refractivity contribution is -0.140. The normalized spacial score (nSPS) is 16.1. The van der Waals surface area contributed by atoms with Gasteiger partial charge in [-0.05, 0) is 42.7 Å². The van der Waals surface area contributed by atoms with E-state index in [0.717, 1.165) is 24.3 Å². The number of nitriles is 1. The summed E-state index contributed by atoms with van der Waals surface area (Å²) in [6, 6.07) is 4.81. The zero-order valence-corrected chi connectivity index (χ0v) is 22.6. The Morgan fingerprint density at radius 2 is 1.64 bits per heavy atom. The average molecular weight is 665 g/mol. The lowest BCUT2D eigenvalue weighted by Gasteiger charge is -2.40. The number of aromatic nitrogens is 2. The predicted octanol–water partition coefficient (Wildman–Crippen LogP) is 8.59. The van der Waals surface area contributed by atoms with Crippen LogP contribution in [0.5, 0.6) is 0 Å². The van der Waals surface area contributed by atoms with Gasteiger partial charge >= 0.3 is 28.5 Å². The standard InChI is InChI=1S/C23H14Cl2F8N4O4S/c24-14-7-13(42(29,30,31,32)33)8-15(25)18(14)37-19(17(16(9-34)36-37)22(5-6-22)20(38)39)35-21(40)41-10-11-1-3-12(4-2-11)23(26,27)28/h1-4,7-8H,5-6,10H2,(H,35,40)(H,38,39). The largest absolute Gasteiger partial charge is 0.481 e. The number of amides is 1. The van der Waals surface area contributed by atoms with Crippen LogP contribution in [-0.4, -0.2) is 26.9 Å². The third-order valence-electron chi connectivity index (χ3n) is 6.15. The fourth-order valence-corrected chi connectivity index (χ4v) is 5.42. The van der Waals surface area contributed by atoms with Gasteiger partial charge in [0, 0.05) is 0 Å². The molecule has 1 aliphatic carbocycles. The van der Waals surface area contributed by atoms with Crippen LogP contribution in [0.25, 0.3) is 5.69 Å². The van der Waals surface area contributed by atoms with Crippen molar-refractivity contribution in [2.45, 2.75) is 35.9 Å². The summed E-state index contributed by atoms with van der Waals surface area (Å²) in [4.78, 5) is 22.3. The molecule has 0 bridgehead atoms. The van der Waals surface area contributed by atoms with Crippen LogP contribution in [0, 0.1) is 11.3 Å². The van der Waals surface area contributed by atoms with Crippen LogP contribution in [0.3, 0.4) is 0 Å². The number of carbonyl (C=O) groups is 2. The van der Waals surface area contributed by atoms with E-state index in [4.69, 9.17) is 27.9 Å². The zero-order valence-electron chi connectivity index (χ0n) is 20.3. The Morgan fingerprint density at radius 3 is 2.07 bits per heavy atom. The molecule has 0 radical (unpaired) electrons. The number of benzene rings is 2. The second-order valence-electron chi connectivity index (χ2n) is 9.08. The minimum atomic E-state index is -10.3. The summed E-state index contributed by atoms with van der Waals surface area (Å²) in [7, 11) is -10.3. The molecule has 1 fully saturated rings. The fourth-order valence-electron chi connectivity index (χ4n) is 3.96. The number of hydrogen-bond acceptors (Lipinski definition) is 5. The van der Waals surface area contributed by atoms with Crippen LogP contribution in [-0.2, 0) is 27.7 Å². The van der Waals surface area contributed by atoms with E-state index < -0.39 is 83.8 Å². The molecule has 8 nitrogen and oxygen atoms in total. The van der Waals surface area contributed by atoms with Gasteiger partial charge in [0.05, 0.1) is 26.6 Å². The van der Waals surface area contributed by atoms with Crippen molar-refractivity contribution in [3.8, 4) is 11.8 Å². The van der Waals surface area contributed by atoms with E-state index in [-0.39, 0.29) is 30.5 Å². The van der Waals surface area contributed by atoms with E-state index in [0.29, 0.717) is 4.68 Å². The molecule has 19 heteroatoms. The molecule has 0 saturated heterocycles. The van der Waals surface area contributed by atoms with Gasteiger partial charge in [0.25, 0.3) is 0 Å². The topological polar surface area (TPSA) is 117 Å². The number of ether oxygens (including phenoxy) is 1. The van der Waals surface area contributed by atoms with E-state index in [9.17, 15) is 52.6 Å². The molecule has 0 unspecified atom stereocenters. The summed E-state index contributed by atoms with van der Waals surface area (Å²) >= 11 is 11.8. The summed E-state index contributed by atoms with van der Waals surface area (Å²) in [5.41, 5.74) is -4.37. The molecule has 226 valence electrons. The molecule has 0 atom stereocenters. The highest BCUT2D eigenvalue weighted by molar-refractivity contribution is 8.45. The average Bonchev–Trinajstić information content (AvgIpc) is 3.58. The van der Waals surface area contributed by atoms with E-state index in [1.165, 1.54) is 0 Å². The van der Waals surface area contributed by atoms with Crippen LogP contribution < -0.4 is 5.32 Å². The Labute approximate surface area is 240 Å². The van der Waals surface area contributed by atoms with Crippen molar-refractivity contribution in [3.05, 3.63) is 68.8 Å². The Bertz CT molecular complexity index is 1640. The van der Waals surface area contributed by atoms with Gasteiger partial charge in [-0.1, -0.05) is 54.8 Å². The number of anilines is 1. The van der Waals surface area contributed by atoms with Crippen molar-refractivity contribution in [2.75, 3.05) is 5.32 Å². The Hall–Kier alpha value is -3.75. The summed E-state index contributed by atoms with van der Waals surface area (Å²) in [5, 5.41) is 23.3. The van der Waals surface area contributed by atoms with Gasteiger partial charge in [-0.3, -0.25) is 10.1 Å².